The van der Waals surface area contributed by atoms with Crippen LogP contribution in [0.4, 0.5) is 10.1 Å². The lowest BCUT2D eigenvalue weighted by molar-refractivity contribution is -0.0856. The monoisotopic (exact) mass is 267 g/mol. The van der Waals surface area contributed by atoms with E-state index < -0.39 is 11.8 Å². The summed E-state index contributed by atoms with van der Waals surface area (Å²) in [6, 6.07) is 3.87. The second-order valence-electron chi connectivity index (χ2n) is 5.00. The third kappa shape index (κ3) is 3.44. The summed E-state index contributed by atoms with van der Waals surface area (Å²) in [5.74, 6) is -1.29. The number of esters is 1. The molecular formula is C14H18FNO3. The molecule has 1 aliphatic rings. The molecule has 1 aliphatic heterocycles. The van der Waals surface area contributed by atoms with Gasteiger partial charge < -0.3 is 15.2 Å². The predicted molar refractivity (Wildman–Crippen MR) is 69.3 cm³/mol. The summed E-state index contributed by atoms with van der Waals surface area (Å²) in [7, 11) is 0. The number of halogens is 1. The van der Waals surface area contributed by atoms with Crippen LogP contribution in [0.5, 0.6) is 0 Å². The van der Waals surface area contributed by atoms with E-state index in [2.05, 4.69) is 0 Å². The molecule has 19 heavy (non-hydrogen) atoms. The SMILES string of the molecule is CC1CC(OC(=O)c2cc(N)ccc2F)CC(C)O1. The third-order valence-corrected chi connectivity index (χ3v) is 3.14. The molecule has 5 heteroatoms. The van der Waals surface area contributed by atoms with Gasteiger partial charge in [0.05, 0.1) is 17.8 Å². The highest BCUT2D eigenvalue weighted by Crippen LogP contribution is 2.23. The van der Waals surface area contributed by atoms with Crippen molar-refractivity contribution < 1.29 is 18.7 Å². The zero-order valence-electron chi connectivity index (χ0n) is 11.1. The van der Waals surface area contributed by atoms with Crippen molar-refractivity contribution in [3.05, 3.63) is 29.6 Å². The van der Waals surface area contributed by atoms with Gasteiger partial charge in [-0.3, -0.25) is 0 Å². The summed E-state index contributed by atoms with van der Waals surface area (Å²) < 4.78 is 24.4. The van der Waals surface area contributed by atoms with Gasteiger partial charge in [0.2, 0.25) is 0 Å². The van der Waals surface area contributed by atoms with E-state index in [0.29, 0.717) is 18.5 Å². The van der Waals surface area contributed by atoms with E-state index in [-0.39, 0.29) is 23.9 Å². The average molecular weight is 267 g/mol. The second kappa shape index (κ2) is 5.57. The minimum absolute atomic E-state index is 0.0345. The first-order chi connectivity index (χ1) is 8.95. The molecule has 2 unspecified atom stereocenters. The Labute approximate surface area is 111 Å². The molecule has 0 amide bonds. The lowest BCUT2D eigenvalue weighted by atomic mass is 10.0. The molecular weight excluding hydrogens is 249 g/mol. The normalized spacial score (nSPS) is 27.0. The topological polar surface area (TPSA) is 61.5 Å². The molecule has 0 aromatic heterocycles. The van der Waals surface area contributed by atoms with E-state index in [0.717, 1.165) is 0 Å². The highest BCUT2D eigenvalue weighted by Gasteiger charge is 2.28. The summed E-state index contributed by atoms with van der Waals surface area (Å²) in [6.07, 6.45) is 1.08. The van der Waals surface area contributed by atoms with E-state index in [9.17, 15) is 9.18 Å². The Hall–Kier alpha value is -1.62. The molecule has 104 valence electrons. The molecule has 1 saturated heterocycles. The van der Waals surface area contributed by atoms with Crippen LogP contribution in [0.1, 0.15) is 37.0 Å². The molecule has 0 aliphatic carbocycles. The van der Waals surface area contributed by atoms with Gasteiger partial charge in [-0.15, -0.1) is 0 Å². The second-order valence-corrected chi connectivity index (χ2v) is 5.00. The summed E-state index contributed by atoms with van der Waals surface area (Å²) >= 11 is 0. The van der Waals surface area contributed by atoms with Crippen LogP contribution in [0.15, 0.2) is 18.2 Å². The quantitative estimate of drug-likeness (QED) is 0.660. The fourth-order valence-electron chi connectivity index (χ4n) is 2.35. The standard InChI is InChI=1S/C14H18FNO3/c1-8-5-11(6-9(2)18-8)19-14(17)12-7-10(16)3-4-13(12)15/h3-4,7-9,11H,5-6,16H2,1-2H3. The van der Waals surface area contributed by atoms with E-state index in [1.807, 2.05) is 13.8 Å². The molecule has 0 saturated carbocycles. The third-order valence-electron chi connectivity index (χ3n) is 3.14. The maximum atomic E-state index is 13.5. The van der Waals surface area contributed by atoms with Crippen molar-refractivity contribution in [1.82, 2.24) is 0 Å². The summed E-state index contributed by atoms with van der Waals surface area (Å²) in [5.41, 5.74) is 5.76. The van der Waals surface area contributed by atoms with Crippen LogP contribution in [-0.4, -0.2) is 24.3 Å². The Morgan fingerprint density at radius 2 is 2.00 bits per heavy atom. The van der Waals surface area contributed by atoms with E-state index >= 15 is 0 Å². The molecule has 4 nitrogen and oxygen atoms in total. The van der Waals surface area contributed by atoms with Gasteiger partial charge in [-0.1, -0.05) is 0 Å². The number of hydrogen-bond donors (Lipinski definition) is 1. The van der Waals surface area contributed by atoms with Crippen molar-refractivity contribution in [2.45, 2.75) is 45.0 Å². The van der Waals surface area contributed by atoms with Crippen molar-refractivity contribution in [2.24, 2.45) is 0 Å². The summed E-state index contributed by atoms with van der Waals surface area (Å²) in [4.78, 5) is 11.9. The van der Waals surface area contributed by atoms with Crippen molar-refractivity contribution in [2.75, 3.05) is 5.73 Å². The van der Waals surface area contributed by atoms with Crippen LogP contribution >= 0.6 is 0 Å². The molecule has 0 bridgehead atoms. The molecule has 1 aromatic rings. The van der Waals surface area contributed by atoms with Crippen LogP contribution < -0.4 is 5.73 Å². The Bertz CT molecular complexity index is 468. The summed E-state index contributed by atoms with van der Waals surface area (Å²) in [5, 5.41) is 0. The molecule has 1 heterocycles. The number of carbonyl (C=O) groups excluding carboxylic acids is 1. The molecule has 2 atom stereocenters. The molecule has 2 rings (SSSR count). The Morgan fingerprint density at radius 1 is 1.37 bits per heavy atom. The number of nitrogen functional groups attached to an aromatic ring is 1. The van der Waals surface area contributed by atoms with Crippen LogP contribution in [0.2, 0.25) is 0 Å². The molecule has 1 aromatic carbocycles. The summed E-state index contributed by atoms with van der Waals surface area (Å²) in [6.45, 7) is 3.86. The Balaban J connectivity index is 2.06. The number of ether oxygens (including phenoxy) is 2. The number of hydrogen-bond acceptors (Lipinski definition) is 4. The van der Waals surface area contributed by atoms with Crippen LogP contribution in [0, 0.1) is 5.82 Å². The lowest BCUT2D eigenvalue weighted by Crippen LogP contribution is -2.35. The average Bonchev–Trinajstić information content (AvgIpc) is 2.30. The van der Waals surface area contributed by atoms with Gasteiger partial charge in [-0.25, -0.2) is 9.18 Å². The largest absolute Gasteiger partial charge is 0.458 e. The van der Waals surface area contributed by atoms with Gasteiger partial charge in [0.1, 0.15) is 11.9 Å². The van der Waals surface area contributed by atoms with Gasteiger partial charge in [0, 0.05) is 18.5 Å². The first-order valence-corrected chi connectivity index (χ1v) is 6.37. The number of nitrogens with two attached hydrogens (primary N) is 1. The lowest BCUT2D eigenvalue weighted by Gasteiger charge is -2.31. The predicted octanol–water partition coefficient (Wildman–Crippen LogP) is 2.52. The van der Waals surface area contributed by atoms with Crippen molar-refractivity contribution in [1.29, 1.82) is 0 Å². The van der Waals surface area contributed by atoms with Crippen molar-refractivity contribution in [3.8, 4) is 0 Å². The zero-order valence-corrected chi connectivity index (χ0v) is 11.1. The molecule has 1 fully saturated rings. The minimum Gasteiger partial charge on any atom is -0.458 e. The number of rotatable bonds is 2. The van der Waals surface area contributed by atoms with Gasteiger partial charge in [0.15, 0.2) is 0 Å². The van der Waals surface area contributed by atoms with Gasteiger partial charge in [-0.2, -0.15) is 0 Å². The smallest absolute Gasteiger partial charge is 0.341 e. The van der Waals surface area contributed by atoms with Crippen molar-refractivity contribution >= 4 is 11.7 Å². The number of anilines is 1. The molecule has 0 spiro atoms. The maximum Gasteiger partial charge on any atom is 0.341 e. The zero-order chi connectivity index (χ0) is 14.0. The Morgan fingerprint density at radius 3 is 2.63 bits per heavy atom. The fraction of sp³-hybridized carbons (Fsp3) is 0.500. The highest BCUT2D eigenvalue weighted by molar-refractivity contribution is 5.90. The first-order valence-electron chi connectivity index (χ1n) is 6.37. The Kier molecular flexibility index (Phi) is 4.04. The van der Waals surface area contributed by atoms with Crippen LogP contribution in [-0.2, 0) is 9.47 Å². The number of benzene rings is 1. The van der Waals surface area contributed by atoms with E-state index in [1.54, 1.807) is 0 Å². The van der Waals surface area contributed by atoms with E-state index in [4.69, 9.17) is 15.2 Å². The number of carbonyl (C=O) groups is 1. The molecule has 2 N–H and O–H groups in total. The maximum absolute atomic E-state index is 13.5. The minimum atomic E-state index is -0.670. The van der Waals surface area contributed by atoms with Crippen molar-refractivity contribution in [3.63, 3.8) is 0 Å². The van der Waals surface area contributed by atoms with Gasteiger partial charge in [-0.05, 0) is 32.0 Å². The first kappa shape index (κ1) is 13.8. The van der Waals surface area contributed by atoms with Crippen LogP contribution in [0.25, 0.3) is 0 Å². The fourth-order valence-corrected chi connectivity index (χ4v) is 2.35. The highest BCUT2D eigenvalue weighted by atomic mass is 19.1. The van der Waals surface area contributed by atoms with Gasteiger partial charge >= 0.3 is 5.97 Å². The van der Waals surface area contributed by atoms with Gasteiger partial charge in [0.25, 0.3) is 0 Å². The van der Waals surface area contributed by atoms with Crippen LogP contribution in [0.3, 0.4) is 0 Å². The molecule has 0 radical (unpaired) electrons. The van der Waals surface area contributed by atoms with E-state index in [1.165, 1.54) is 18.2 Å².